The quantitative estimate of drug-likeness (QED) is 0.158. The van der Waals surface area contributed by atoms with E-state index in [-0.39, 0.29) is 55.4 Å². The topological polar surface area (TPSA) is 42.1 Å². The maximum atomic E-state index is 8.85. The smallest absolute Gasteiger partial charge is 0.124 e. The number of hydrogen-bond acceptors (Lipinski definition) is 4. The van der Waals surface area contributed by atoms with Gasteiger partial charge in [0.2, 0.25) is 0 Å². The van der Waals surface area contributed by atoms with Crippen LogP contribution >= 0.6 is 35.6 Å². The van der Waals surface area contributed by atoms with Gasteiger partial charge in [-0.2, -0.15) is 0 Å². The number of rotatable bonds is 8. The fourth-order valence-electron chi connectivity index (χ4n) is 4.44. The molecule has 8 rings (SSSR count). The molecule has 0 saturated carbocycles. The van der Waals surface area contributed by atoms with Crippen molar-refractivity contribution in [2.24, 2.45) is 0 Å². The van der Waals surface area contributed by atoms with Gasteiger partial charge in [-0.05, 0) is 111 Å². The van der Waals surface area contributed by atoms with Crippen LogP contribution in [0.4, 0.5) is 0 Å². The van der Waals surface area contributed by atoms with Gasteiger partial charge in [-0.15, -0.1) is 12.4 Å². The predicted octanol–water partition coefficient (Wildman–Crippen LogP) is 9.09. The summed E-state index contributed by atoms with van der Waals surface area (Å²) in [5, 5.41) is 0.664. The molecule has 0 bridgehead atoms. The van der Waals surface area contributed by atoms with Crippen LogP contribution in [-0.2, 0) is 26.0 Å². The largest absolute Gasteiger partial charge is 0.322 e. The molecule has 2 saturated heterocycles. The Bertz CT molecular complexity index is 2720. The maximum Gasteiger partial charge on any atom is 0.124 e. The normalized spacial score (nSPS) is 32.6. The van der Waals surface area contributed by atoms with Crippen molar-refractivity contribution in [3.05, 3.63) is 130 Å². The standard InChI is InChI=1S/2C19H20ClN3.ClH/c2*20-16-9-7-15(8-10-16)13-23-18-6-2-1-5-17(18)21-19(23)14-22-11-3-4-12-22;/h2*1-2,5-10H,3-4,11-14H2;1H/i2*3D2,4D2,11D2,12D2,13D2,14D2;. The number of para-hydroxylation sites is 4. The molecule has 0 amide bonds. The predicted molar refractivity (Wildman–Crippen MR) is 197 cm³/mol. The van der Waals surface area contributed by atoms with E-state index in [0.717, 1.165) is 9.13 Å². The second-order valence-corrected chi connectivity index (χ2v) is 10.5. The minimum atomic E-state index is -3.49. The maximum absolute atomic E-state index is 8.85. The fraction of sp³-hybridized carbons (Fsp3) is 0.316. The number of likely N-dealkylation sites (tertiary alicyclic amines) is 2. The van der Waals surface area contributed by atoms with E-state index < -0.39 is 89.1 Å². The lowest BCUT2D eigenvalue weighted by atomic mass is 10.2. The molecule has 2 aromatic heterocycles. The van der Waals surface area contributed by atoms with Crippen molar-refractivity contribution in [2.75, 3.05) is 26.0 Å². The summed E-state index contributed by atoms with van der Waals surface area (Å²) in [5.41, 5.74) is 0.543. The van der Waals surface area contributed by atoms with Gasteiger partial charge in [0.05, 0.1) is 46.0 Å². The van der Waals surface area contributed by atoms with Crippen LogP contribution in [0.3, 0.4) is 0 Å². The third-order valence-electron chi connectivity index (χ3n) is 6.51. The Morgan fingerprint density at radius 2 is 0.894 bits per heavy atom. The van der Waals surface area contributed by atoms with E-state index >= 15 is 0 Å². The monoisotopic (exact) mass is 710 g/mol. The summed E-state index contributed by atoms with van der Waals surface area (Å²) in [6.45, 7) is -25.6. The first-order chi connectivity index (χ1) is 31.7. The van der Waals surface area contributed by atoms with Crippen LogP contribution in [0, 0.1) is 0 Å². The highest BCUT2D eigenvalue weighted by Gasteiger charge is 2.19. The molecule has 0 aliphatic carbocycles. The molecule has 2 aliphatic heterocycles. The van der Waals surface area contributed by atoms with Crippen LogP contribution in [0.1, 0.15) is 81.2 Å². The van der Waals surface area contributed by atoms with Gasteiger partial charge in [0.15, 0.2) is 0 Å². The summed E-state index contributed by atoms with van der Waals surface area (Å²) in [5.74, 6) is -1.53. The summed E-state index contributed by atoms with van der Waals surface area (Å²) in [7, 11) is 0. The van der Waals surface area contributed by atoms with E-state index in [0.29, 0.717) is 10.0 Å². The number of imidazole rings is 2. The van der Waals surface area contributed by atoms with Crippen molar-refractivity contribution in [3.8, 4) is 0 Å². The lowest BCUT2D eigenvalue weighted by molar-refractivity contribution is 0.318. The Morgan fingerprint density at radius 1 is 0.532 bits per heavy atom. The third-order valence-corrected chi connectivity index (χ3v) is 7.02. The first kappa shape index (κ1) is 15.0. The van der Waals surface area contributed by atoms with Gasteiger partial charge >= 0.3 is 0 Å². The molecule has 0 atom stereocenters. The zero-order valence-corrected chi connectivity index (χ0v) is 26.4. The van der Waals surface area contributed by atoms with Crippen LogP contribution in [0.15, 0.2) is 97.1 Å². The van der Waals surface area contributed by atoms with Crippen LogP contribution < -0.4 is 0 Å². The van der Waals surface area contributed by atoms with Gasteiger partial charge in [-0.1, -0.05) is 71.7 Å². The SMILES string of the molecule is Cl.[2H]C([2H])(c1nc2ccccc2n1C([2H])([2H])c1ccc(Cl)cc1)N1C([2H])([2H])C([2H])([2H])C([2H])([2H])C1([2H])[2H].[2H]C([2H])(c1nc2ccccc2n1C([2H])([2H])c1ccc(Cl)cc1)N1C([2H])([2H])C([2H])([2H])C([2H])([2H])C1([2H])[2H]. The number of hydrogen-bond donors (Lipinski definition) is 0. The number of benzene rings is 4. The van der Waals surface area contributed by atoms with Gasteiger partial charge in [0.1, 0.15) is 11.6 Å². The Morgan fingerprint density at radius 3 is 1.28 bits per heavy atom. The summed E-state index contributed by atoms with van der Waals surface area (Å²) < 4.78 is 202. The van der Waals surface area contributed by atoms with Gasteiger partial charge in [0.25, 0.3) is 0 Å². The molecule has 9 heteroatoms. The van der Waals surface area contributed by atoms with Crippen molar-refractivity contribution < 1.29 is 32.9 Å². The number of aromatic nitrogens is 4. The summed E-state index contributed by atoms with van der Waals surface area (Å²) in [4.78, 5) is 8.01. The molecule has 2 fully saturated rings. The minimum Gasteiger partial charge on any atom is -0.322 e. The highest BCUT2D eigenvalue weighted by molar-refractivity contribution is 6.30. The van der Waals surface area contributed by atoms with Crippen LogP contribution in [0.5, 0.6) is 0 Å². The van der Waals surface area contributed by atoms with E-state index in [4.69, 9.17) is 56.1 Å². The second-order valence-electron chi connectivity index (χ2n) is 9.60. The summed E-state index contributed by atoms with van der Waals surface area (Å²) in [6.07, 6.45) is -13.9. The third kappa shape index (κ3) is 8.19. The van der Waals surface area contributed by atoms with E-state index in [1.54, 1.807) is 24.3 Å². The van der Waals surface area contributed by atoms with Crippen molar-refractivity contribution in [1.82, 2.24) is 28.9 Å². The second kappa shape index (κ2) is 15.7. The first-order valence-electron chi connectivity index (χ1n) is 25.8. The molecule has 0 spiro atoms. The highest BCUT2D eigenvalue weighted by Crippen LogP contribution is 2.23. The molecule has 244 valence electrons. The average Bonchev–Trinajstić information content (AvgIpc) is 3.88. The van der Waals surface area contributed by atoms with E-state index in [1.807, 2.05) is 0 Å². The molecule has 4 aromatic carbocycles. The number of fused-ring (bicyclic) bond motifs is 2. The number of nitrogens with zero attached hydrogens (tertiary/aromatic N) is 6. The average molecular weight is 712 g/mol. The summed E-state index contributed by atoms with van der Waals surface area (Å²) in [6, 6.07) is 23.4. The lowest BCUT2D eigenvalue weighted by Crippen LogP contribution is -2.21. The lowest BCUT2D eigenvalue weighted by Gasteiger charge is -2.16. The fourth-order valence-corrected chi connectivity index (χ4v) is 4.69. The van der Waals surface area contributed by atoms with Crippen molar-refractivity contribution in [2.45, 2.75) is 51.5 Å². The molecular weight excluding hydrogens is 647 g/mol. The zero-order chi connectivity index (χ0) is 52.8. The molecule has 0 N–H and O–H groups in total. The molecule has 2 aliphatic rings. The molecule has 47 heavy (non-hydrogen) atoms. The van der Waals surface area contributed by atoms with Gasteiger partial charge < -0.3 is 9.13 Å². The molecular formula is C38H41Cl3N6. The molecule has 0 unspecified atom stereocenters. The van der Waals surface area contributed by atoms with Gasteiger partial charge in [-0.3, -0.25) is 9.80 Å². The highest BCUT2D eigenvalue weighted by atomic mass is 35.5. The Labute approximate surface area is 327 Å². The van der Waals surface area contributed by atoms with Crippen LogP contribution in [0.25, 0.3) is 22.1 Å². The zero-order valence-electron chi connectivity index (χ0n) is 48.1. The van der Waals surface area contributed by atoms with Gasteiger partial charge in [-0.25, -0.2) is 9.97 Å². The number of halogens is 3. The Kier molecular flexibility index (Phi) is 5.01. The molecule has 0 radical (unpaired) electrons. The van der Waals surface area contributed by atoms with Crippen LogP contribution in [0.2, 0.25) is 10.0 Å². The molecule has 6 aromatic rings. The minimum absolute atomic E-state index is 0. The van der Waals surface area contributed by atoms with Crippen molar-refractivity contribution in [1.29, 1.82) is 0 Å². The van der Waals surface area contributed by atoms with E-state index in [2.05, 4.69) is 9.97 Å². The summed E-state index contributed by atoms with van der Waals surface area (Å²) >= 11 is 11.9. The Balaban J connectivity index is 0.000000229. The Hall–Kier alpha value is -3.39. The van der Waals surface area contributed by atoms with Crippen LogP contribution in [-0.4, -0.2) is 54.9 Å². The van der Waals surface area contributed by atoms with Crippen molar-refractivity contribution in [3.63, 3.8) is 0 Å². The molecule has 4 heterocycles. The van der Waals surface area contributed by atoms with Crippen molar-refractivity contribution >= 4 is 57.7 Å². The molecule has 6 nitrogen and oxygen atoms in total. The van der Waals surface area contributed by atoms with E-state index in [1.165, 1.54) is 72.8 Å². The first-order valence-corrected chi connectivity index (χ1v) is 14.5. The van der Waals surface area contributed by atoms with Gasteiger partial charge in [0, 0.05) is 45.0 Å². The van der Waals surface area contributed by atoms with E-state index in [9.17, 15) is 0 Å².